The van der Waals surface area contributed by atoms with Gasteiger partial charge in [-0.25, -0.2) is 13.4 Å². The minimum absolute atomic E-state index is 0.00518. The van der Waals surface area contributed by atoms with Gasteiger partial charge >= 0.3 is 0 Å². The van der Waals surface area contributed by atoms with E-state index in [9.17, 15) is 13.2 Å². The molecule has 1 aliphatic heterocycles. The molecule has 0 spiro atoms. The predicted molar refractivity (Wildman–Crippen MR) is 105 cm³/mol. The molecule has 0 aromatic heterocycles. The third-order valence-corrected chi connectivity index (χ3v) is 5.79. The molecule has 2 rings (SSSR count). The van der Waals surface area contributed by atoms with Gasteiger partial charge in [0.2, 0.25) is 5.91 Å². The fourth-order valence-corrected chi connectivity index (χ4v) is 4.46. The van der Waals surface area contributed by atoms with Crippen molar-refractivity contribution in [2.75, 3.05) is 23.4 Å². The smallest absolute Gasteiger partial charge is 0.224 e. The average molecular weight is 381 g/mol. The van der Waals surface area contributed by atoms with Gasteiger partial charge in [-0.3, -0.25) is 4.79 Å². The number of carbonyl (C=O) groups is 1. The van der Waals surface area contributed by atoms with Crippen molar-refractivity contribution in [3.63, 3.8) is 0 Å². The lowest BCUT2D eigenvalue weighted by atomic mass is 10.2. The number of carbonyl (C=O) groups excluding carboxylic acids is 1. The summed E-state index contributed by atoms with van der Waals surface area (Å²) in [6.07, 6.45) is 1.91. The molecule has 1 unspecified atom stereocenters. The van der Waals surface area contributed by atoms with E-state index in [1.807, 2.05) is 38.1 Å². The summed E-state index contributed by atoms with van der Waals surface area (Å²) in [6, 6.07) is 7.49. The number of anilines is 1. The molecule has 3 N–H and O–H groups in total. The normalized spacial score (nSPS) is 19.2. The van der Waals surface area contributed by atoms with Gasteiger partial charge in [0.15, 0.2) is 15.8 Å². The van der Waals surface area contributed by atoms with Crippen LogP contribution in [0.2, 0.25) is 0 Å². The number of amides is 1. The Bertz CT molecular complexity index is 747. The first-order valence-corrected chi connectivity index (χ1v) is 10.9. The second-order valence-corrected chi connectivity index (χ2v) is 8.67. The van der Waals surface area contributed by atoms with E-state index in [4.69, 9.17) is 0 Å². The highest BCUT2D eigenvalue weighted by Gasteiger charge is 2.28. The number of benzene rings is 1. The highest BCUT2D eigenvalue weighted by molar-refractivity contribution is 7.91. The monoisotopic (exact) mass is 380 g/mol. The molecule has 1 aliphatic rings. The molecule has 0 saturated carbocycles. The lowest BCUT2D eigenvalue weighted by Crippen LogP contribution is -2.44. The third kappa shape index (κ3) is 6.67. The summed E-state index contributed by atoms with van der Waals surface area (Å²) in [5.41, 5.74) is 1.73. The number of hydrogen-bond donors (Lipinski definition) is 3. The van der Waals surface area contributed by atoms with E-state index in [2.05, 4.69) is 20.9 Å². The Hall–Kier alpha value is -2.09. The van der Waals surface area contributed by atoms with Gasteiger partial charge in [0.05, 0.1) is 18.1 Å². The van der Waals surface area contributed by atoms with Crippen LogP contribution in [0.5, 0.6) is 0 Å². The van der Waals surface area contributed by atoms with Crippen molar-refractivity contribution in [3.8, 4) is 0 Å². The van der Waals surface area contributed by atoms with Crippen LogP contribution in [0.4, 0.5) is 5.69 Å². The number of hydrogen-bond acceptors (Lipinski definition) is 4. The van der Waals surface area contributed by atoms with Gasteiger partial charge in [-0.15, -0.1) is 0 Å². The van der Waals surface area contributed by atoms with Crippen LogP contribution in [0.15, 0.2) is 29.3 Å². The van der Waals surface area contributed by atoms with E-state index in [1.54, 1.807) is 0 Å². The first-order chi connectivity index (χ1) is 12.4. The van der Waals surface area contributed by atoms with Crippen LogP contribution in [0.1, 0.15) is 38.7 Å². The van der Waals surface area contributed by atoms with Crippen molar-refractivity contribution in [1.29, 1.82) is 0 Å². The Morgan fingerprint density at radius 2 is 2.12 bits per heavy atom. The fraction of sp³-hybridized carbons (Fsp3) is 0.556. The number of rotatable bonds is 7. The summed E-state index contributed by atoms with van der Waals surface area (Å²) in [6.45, 7) is 5.06. The summed E-state index contributed by atoms with van der Waals surface area (Å²) in [5.74, 6) is 0.987. The van der Waals surface area contributed by atoms with Crippen molar-refractivity contribution in [2.45, 2.75) is 45.7 Å². The van der Waals surface area contributed by atoms with Gasteiger partial charge in [-0.05, 0) is 37.5 Å². The summed E-state index contributed by atoms with van der Waals surface area (Å²) < 4.78 is 23.2. The number of guanidine groups is 1. The van der Waals surface area contributed by atoms with Crippen LogP contribution in [-0.4, -0.2) is 44.4 Å². The lowest BCUT2D eigenvalue weighted by molar-refractivity contribution is -0.116. The van der Waals surface area contributed by atoms with Gasteiger partial charge < -0.3 is 16.0 Å². The summed E-state index contributed by atoms with van der Waals surface area (Å²) in [4.78, 5) is 16.3. The van der Waals surface area contributed by atoms with Gasteiger partial charge in [0.1, 0.15) is 0 Å². The Morgan fingerprint density at radius 1 is 1.31 bits per heavy atom. The number of aliphatic imine (C=N–C) groups is 1. The largest absolute Gasteiger partial charge is 0.357 e. The average Bonchev–Trinajstić information content (AvgIpc) is 2.92. The first kappa shape index (κ1) is 20.2. The first-order valence-electron chi connectivity index (χ1n) is 9.06. The van der Waals surface area contributed by atoms with Crippen molar-refractivity contribution >= 4 is 27.4 Å². The Labute approximate surface area is 155 Å². The summed E-state index contributed by atoms with van der Waals surface area (Å²) in [5, 5.41) is 9.22. The molecule has 1 amide bonds. The molecule has 1 aromatic carbocycles. The highest BCUT2D eigenvalue weighted by Crippen LogP contribution is 2.13. The second kappa shape index (κ2) is 9.56. The minimum atomic E-state index is -2.93. The molecular formula is C18H28N4O3S. The zero-order valence-electron chi connectivity index (χ0n) is 15.4. The van der Waals surface area contributed by atoms with Crippen LogP contribution in [0, 0.1) is 0 Å². The molecule has 1 atom stereocenters. The van der Waals surface area contributed by atoms with Gasteiger partial charge in [0.25, 0.3) is 0 Å². The Balaban J connectivity index is 1.99. The maximum Gasteiger partial charge on any atom is 0.224 e. The molecule has 1 saturated heterocycles. The molecular weight excluding hydrogens is 352 g/mol. The van der Waals surface area contributed by atoms with E-state index in [1.165, 1.54) is 0 Å². The van der Waals surface area contributed by atoms with E-state index < -0.39 is 9.84 Å². The third-order valence-electron chi connectivity index (χ3n) is 4.03. The molecule has 8 heteroatoms. The molecule has 0 radical (unpaired) electrons. The molecule has 7 nitrogen and oxygen atoms in total. The highest BCUT2D eigenvalue weighted by atomic mass is 32.2. The van der Waals surface area contributed by atoms with Crippen LogP contribution < -0.4 is 16.0 Å². The van der Waals surface area contributed by atoms with Crippen LogP contribution in [-0.2, 0) is 21.2 Å². The summed E-state index contributed by atoms with van der Waals surface area (Å²) in [7, 11) is -2.93. The van der Waals surface area contributed by atoms with Crippen molar-refractivity contribution in [2.24, 2.45) is 4.99 Å². The molecule has 1 heterocycles. The van der Waals surface area contributed by atoms with E-state index in [-0.39, 0.29) is 23.5 Å². The zero-order chi connectivity index (χ0) is 19.0. The molecule has 0 aliphatic carbocycles. The van der Waals surface area contributed by atoms with E-state index in [0.717, 1.165) is 17.7 Å². The molecule has 1 aromatic rings. The van der Waals surface area contributed by atoms with Crippen LogP contribution in [0.3, 0.4) is 0 Å². The number of nitrogens with zero attached hydrogens (tertiary/aromatic N) is 1. The maximum atomic E-state index is 11.7. The Kier molecular flexibility index (Phi) is 7.44. The van der Waals surface area contributed by atoms with Crippen LogP contribution >= 0.6 is 0 Å². The summed E-state index contributed by atoms with van der Waals surface area (Å²) >= 11 is 0. The lowest BCUT2D eigenvalue weighted by Gasteiger charge is -2.16. The molecule has 0 bridgehead atoms. The number of nitrogens with one attached hydrogen (secondary N) is 3. The van der Waals surface area contributed by atoms with Crippen molar-refractivity contribution in [3.05, 3.63) is 29.8 Å². The number of sulfone groups is 1. The van der Waals surface area contributed by atoms with Gasteiger partial charge in [-0.1, -0.05) is 19.1 Å². The van der Waals surface area contributed by atoms with E-state index in [0.29, 0.717) is 31.9 Å². The zero-order valence-corrected chi connectivity index (χ0v) is 16.2. The van der Waals surface area contributed by atoms with E-state index >= 15 is 0 Å². The van der Waals surface area contributed by atoms with Gasteiger partial charge in [-0.2, -0.15) is 0 Å². The van der Waals surface area contributed by atoms with Crippen molar-refractivity contribution < 1.29 is 13.2 Å². The minimum Gasteiger partial charge on any atom is -0.357 e. The van der Waals surface area contributed by atoms with Gasteiger partial charge in [0, 0.05) is 24.7 Å². The standard InChI is InChI=1S/C18H28N4O3S/c1-3-6-17(23)21-15-8-5-7-14(11-15)12-20-18(19-4-2)22-16-9-10-26(24,25)13-16/h5,7-8,11,16H,3-4,6,9-10,12-13H2,1-2H3,(H,21,23)(H2,19,20,22). The molecule has 144 valence electrons. The predicted octanol–water partition coefficient (Wildman–Crippen LogP) is 1.67. The quantitative estimate of drug-likeness (QED) is 0.494. The fourth-order valence-electron chi connectivity index (χ4n) is 2.79. The molecule has 1 fully saturated rings. The maximum absolute atomic E-state index is 11.7. The van der Waals surface area contributed by atoms with Crippen molar-refractivity contribution in [1.82, 2.24) is 10.6 Å². The SMILES string of the molecule is CCCC(=O)Nc1cccc(CN=C(NCC)NC2CCS(=O)(=O)C2)c1. The molecule has 26 heavy (non-hydrogen) atoms. The van der Waals surface area contributed by atoms with Crippen LogP contribution in [0.25, 0.3) is 0 Å². The topological polar surface area (TPSA) is 99.7 Å². The Morgan fingerprint density at radius 3 is 2.77 bits per heavy atom. The second-order valence-electron chi connectivity index (χ2n) is 6.44.